The number of hydrogen-bond donors (Lipinski definition) is 1. The van der Waals surface area contributed by atoms with Crippen molar-refractivity contribution in [2.75, 3.05) is 19.8 Å². The van der Waals surface area contributed by atoms with Crippen LogP contribution >= 0.6 is 0 Å². The number of rotatable bonds is 6. The Bertz CT molecular complexity index is 401. The third-order valence-electron chi connectivity index (χ3n) is 3.81. The maximum absolute atomic E-state index is 5.92. The first-order valence-electron chi connectivity index (χ1n) is 7.29. The van der Waals surface area contributed by atoms with Gasteiger partial charge in [0.15, 0.2) is 0 Å². The van der Waals surface area contributed by atoms with Gasteiger partial charge in [0.25, 0.3) is 0 Å². The highest BCUT2D eigenvalue weighted by molar-refractivity contribution is 5.25. The summed E-state index contributed by atoms with van der Waals surface area (Å²) in [4.78, 5) is 4.37. The van der Waals surface area contributed by atoms with Gasteiger partial charge in [-0.25, -0.2) is 4.98 Å². The van der Waals surface area contributed by atoms with Gasteiger partial charge in [-0.1, -0.05) is 6.07 Å². The molecule has 1 N–H and O–H groups in total. The lowest BCUT2D eigenvalue weighted by molar-refractivity contribution is 0.0488. The summed E-state index contributed by atoms with van der Waals surface area (Å²) < 4.78 is 11.3. The number of ether oxygens (including phenoxy) is 2. The highest BCUT2D eigenvalue weighted by Crippen LogP contribution is 2.22. The van der Waals surface area contributed by atoms with Crippen molar-refractivity contribution in [1.29, 1.82) is 0 Å². The van der Waals surface area contributed by atoms with Crippen LogP contribution in [-0.4, -0.2) is 30.8 Å². The Balaban J connectivity index is 1.52. The zero-order valence-electron chi connectivity index (χ0n) is 11.3. The number of nitrogens with one attached hydrogen (secondary N) is 1. The quantitative estimate of drug-likeness (QED) is 0.853. The average molecular weight is 262 g/mol. The molecule has 1 aromatic heterocycles. The van der Waals surface area contributed by atoms with Crippen LogP contribution in [0.2, 0.25) is 0 Å². The van der Waals surface area contributed by atoms with Crippen LogP contribution in [0.4, 0.5) is 0 Å². The largest absolute Gasteiger partial charge is 0.477 e. The minimum absolute atomic E-state index is 0.611. The van der Waals surface area contributed by atoms with E-state index in [1.54, 1.807) is 6.20 Å². The first-order chi connectivity index (χ1) is 9.42. The molecule has 0 spiro atoms. The molecule has 0 aromatic carbocycles. The molecule has 4 nitrogen and oxygen atoms in total. The molecule has 1 aromatic rings. The summed E-state index contributed by atoms with van der Waals surface area (Å²) in [6, 6.07) is 4.79. The van der Waals surface area contributed by atoms with E-state index in [2.05, 4.69) is 16.4 Å². The highest BCUT2D eigenvalue weighted by Gasteiger charge is 2.21. The Kier molecular flexibility index (Phi) is 4.30. The molecular weight excluding hydrogens is 240 g/mol. The minimum Gasteiger partial charge on any atom is -0.477 e. The Labute approximate surface area is 114 Å². The molecule has 1 saturated heterocycles. The van der Waals surface area contributed by atoms with E-state index >= 15 is 0 Å². The fraction of sp³-hybridized carbons (Fsp3) is 0.667. The van der Waals surface area contributed by atoms with E-state index in [4.69, 9.17) is 9.47 Å². The molecule has 1 saturated carbocycles. The van der Waals surface area contributed by atoms with E-state index in [1.807, 2.05) is 6.07 Å². The van der Waals surface area contributed by atoms with Gasteiger partial charge in [-0.05, 0) is 37.7 Å². The summed E-state index contributed by atoms with van der Waals surface area (Å²) in [6.07, 6.45) is 6.61. The Morgan fingerprint density at radius 3 is 2.89 bits per heavy atom. The van der Waals surface area contributed by atoms with Crippen molar-refractivity contribution < 1.29 is 9.47 Å². The zero-order chi connectivity index (χ0) is 12.9. The first kappa shape index (κ1) is 12.9. The summed E-state index contributed by atoms with van der Waals surface area (Å²) in [5.74, 6) is 1.40. The van der Waals surface area contributed by atoms with Gasteiger partial charge in [0.2, 0.25) is 5.88 Å². The monoisotopic (exact) mass is 262 g/mol. The van der Waals surface area contributed by atoms with Gasteiger partial charge in [0.05, 0.1) is 6.61 Å². The van der Waals surface area contributed by atoms with Crippen molar-refractivity contribution in [2.45, 2.75) is 38.3 Å². The standard InChI is InChI=1S/C15H22N2O2/c1-2-13(10-17-14-3-4-14)15(16-7-1)19-11-12-5-8-18-9-6-12/h1-2,7,12,14,17H,3-6,8-11H2. The molecule has 0 atom stereocenters. The van der Waals surface area contributed by atoms with Crippen LogP contribution in [0.25, 0.3) is 0 Å². The second-order valence-corrected chi connectivity index (χ2v) is 5.49. The molecule has 4 heteroatoms. The first-order valence-corrected chi connectivity index (χ1v) is 7.29. The second-order valence-electron chi connectivity index (χ2n) is 5.49. The fourth-order valence-electron chi connectivity index (χ4n) is 2.34. The highest BCUT2D eigenvalue weighted by atomic mass is 16.5. The SMILES string of the molecule is c1cnc(OCC2CCOCC2)c(CNC2CC2)c1. The molecule has 3 rings (SSSR count). The molecule has 104 valence electrons. The van der Waals surface area contributed by atoms with Gasteiger partial charge in [0, 0.05) is 37.6 Å². The van der Waals surface area contributed by atoms with E-state index in [-0.39, 0.29) is 0 Å². The van der Waals surface area contributed by atoms with E-state index in [1.165, 1.54) is 18.4 Å². The van der Waals surface area contributed by atoms with Crippen molar-refractivity contribution in [1.82, 2.24) is 10.3 Å². The van der Waals surface area contributed by atoms with Gasteiger partial charge < -0.3 is 14.8 Å². The van der Waals surface area contributed by atoms with Gasteiger partial charge >= 0.3 is 0 Å². The maximum atomic E-state index is 5.92. The molecule has 1 aliphatic carbocycles. The van der Waals surface area contributed by atoms with Crippen molar-refractivity contribution in [3.63, 3.8) is 0 Å². The summed E-state index contributed by atoms with van der Waals surface area (Å²) in [7, 11) is 0. The fourth-order valence-corrected chi connectivity index (χ4v) is 2.34. The van der Waals surface area contributed by atoms with Crippen LogP contribution in [0.5, 0.6) is 5.88 Å². The van der Waals surface area contributed by atoms with Crippen LogP contribution in [0.1, 0.15) is 31.2 Å². The third-order valence-corrected chi connectivity index (χ3v) is 3.81. The lowest BCUT2D eigenvalue weighted by Gasteiger charge is -2.22. The van der Waals surface area contributed by atoms with Crippen LogP contribution in [0.15, 0.2) is 18.3 Å². The van der Waals surface area contributed by atoms with Crippen molar-refractivity contribution in [3.05, 3.63) is 23.9 Å². The van der Waals surface area contributed by atoms with Crippen LogP contribution in [0.3, 0.4) is 0 Å². The molecular formula is C15H22N2O2. The van der Waals surface area contributed by atoms with E-state index < -0.39 is 0 Å². The summed E-state index contributed by atoms with van der Waals surface area (Å²) >= 11 is 0. The minimum atomic E-state index is 0.611. The molecule has 0 amide bonds. The normalized spacial score (nSPS) is 20.4. The molecule has 1 aliphatic heterocycles. The summed E-state index contributed by atoms with van der Waals surface area (Å²) in [6.45, 7) is 3.36. The van der Waals surface area contributed by atoms with Crippen LogP contribution in [0, 0.1) is 5.92 Å². The maximum Gasteiger partial charge on any atom is 0.217 e. The summed E-state index contributed by atoms with van der Waals surface area (Å²) in [5.41, 5.74) is 1.17. The molecule has 19 heavy (non-hydrogen) atoms. The Morgan fingerprint density at radius 1 is 1.26 bits per heavy atom. The zero-order valence-corrected chi connectivity index (χ0v) is 11.3. The van der Waals surface area contributed by atoms with Gasteiger partial charge in [-0.2, -0.15) is 0 Å². The smallest absolute Gasteiger partial charge is 0.217 e. The molecule has 2 aliphatic rings. The Hall–Kier alpha value is -1.13. The van der Waals surface area contributed by atoms with E-state index in [9.17, 15) is 0 Å². The number of aromatic nitrogens is 1. The number of pyridine rings is 1. The molecule has 0 unspecified atom stereocenters. The molecule has 0 bridgehead atoms. The lowest BCUT2D eigenvalue weighted by atomic mass is 10.0. The van der Waals surface area contributed by atoms with Gasteiger partial charge in [0.1, 0.15) is 0 Å². The predicted octanol–water partition coefficient (Wildman–Crippen LogP) is 2.14. The van der Waals surface area contributed by atoms with Crippen LogP contribution in [-0.2, 0) is 11.3 Å². The van der Waals surface area contributed by atoms with Crippen molar-refractivity contribution >= 4 is 0 Å². The average Bonchev–Trinajstić information content (AvgIpc) is 3.29. The third kappa shape index (κ3) is 3.91. The van der Waals surface area contributed by atoms with Crippen LogP contribution < -0.4 is 10.1 Å². The topological polar surface area (TPSA) is 43.4 Å². The van der Waals surface area contributed by atoms with Crippen molar-refractivity contribution in [3.8, 4) is 5.88 Å². The van der Waals surface area contributed by atoms with E-state index in [0.717, 1.165) is 45.1 Å². The van der Waals surface area contributed by atoms with Crippen molar-refractivity contribution in [2.24, 2.45) is 5.92 Å². The predicted molar refractivity (Wildman–Crippen MR) is 73.1 cm³/mol. The Morgan fingerprint density at radius 2 is 2.11 bits per heavy atom. The van der Waals surface area contributed by atoms with Gasteiger partial charge in [-0.15, -0.1) is 0 Å². The summed E-state index contributed by atoms with van der Waals surface area (Å²) in [5, 5.41) is 3.51. The lowest BCUT2D eigenvalue weighted by Crippen LogP contribution is -2.22. The number of nitrogens with zero attached hydrogens (tertiary/aromatic N) is 1. The number of hydrogen-bond acceptors (Lipinski definition) is 4. The van der Waals surface area contributed by atoms with Gasteiger partial charge in [-0.3, -0.25) is 0 Å². The van der Waals surface area contributed by atoms with E-state index in [0.29, 0.717) is 12.0 Å². The second kappa shape index (κ2) is 6.35. The molecule has 0 radical (unpaired) electrons. The molecule has 2 heterocycles. The molecule has 2 fully saturated rings.